The molecule has 6 nitrogen and oxygen atoms in total. The molecule has 1 aromatic carbocycles. The van der Waals surface area contributed by atoms with Crippen LogP contribution >= 0.6 is 0 Å². The van der Waals surface area contributed by atoms with Crippen LogP contribution in [0.3, 0.4) is 0 Å². The van der Waals surface area contributed by atoms with E-state index in [0.717, 1.165) is 18.4 Å². The molecule has 2 aliphatic carbocycles. The Morgan fingerprint density at radius 2 is 2.00 bits per heavy atom. The molecule has 152 valence electrons. The van der Waals surface area contributed by atoms with E-state index in [1.807, 2.05) is 24.3 Å². The van der Waals surface area contributed by atoms with E-state index >= 15 is 0 Å². The number of nitrogens with zero attached hydrogens (tertiary/aromatic N) is 2. The standard InChI is InChI=1S/C21H29N3O3S/c1-20(2)14-9-10-21(20,3)17(11-14)23-19(25)12-24-16-8-6-5-7-15(16)22-18(24)13-28(4,26)27/h5-8,14,17H,9-13H2,1-4H3,(H,23,25). The molecule has 1 heterocycles. The first-order valence-electron chi connectivity index (χ1n) is 9.92. The van der Waals surface area contributed by atoms with Gasteiger partial charge < -0.3 is 9.88 Å². The topological polar surface area (TPSA) is 81.1 Å². The quantitative estimate of drug-likeness (QED) is 0.832. The SMILES string of the molecule is CC1(C)C2CCC1(C)C(NC(=O)Cn1c(CS(C)(=O)=O)nc3ccccc31)C2. The van der Waals surface area contributed by atoms with Crippen LogP contribution in [0.15, 0.2) is 24.3 Å². The van der Waals surface area contributed by atoms with Crippen LogP contribution in [-0.4, -0.2) is 36.2 Å². The van der Waals surface area contributed by atoms with E-state index in [-0.39, 0.29) is 35.1 Å². The number of sulfone groups is 1. The zero-order valence-electron chi connectivity index (χ0n) is 17.0. The van der Waals surface area contributed by atoms with Crippen molar-refractivity contribution in [2.24, 2.45) is 16.7 Å². The summed E-state index contributed by atoms with van der Waals surface area (Å²) in [4.78, 5) is 17.4. The third-order valence-electron chi connectivity index (χ3n) is 7.56. The molecule has 3 atom stereocenters. The molecule has 2 aliphatic rings. The summed E-state index contributed by atoms with van der Waals surface area (Å²) in [6.45, 7) is 7.03. The van der Waals surface area contributed by atoms with E-state index < -0.39 is 9.84 Å². The fraction of sp³-hybridized carbons (Fsp3) is 0.619. The van der Waals surface area contributed by atoms with Crippen molar-refractivity contribution in [3.05, 3.63) is 30.1 Å². The van der Waals surface area contributed by atoms with E-state index in [1.54, 1.807) is 4.57 Å². The average molecular weight is 404 g/mol. The fourth-order valence-corrected chi connectivity index (χ4v) is 6.14. The highest BCUT2D eigenvalue weighted by Crippen LogP contribution is 2.65. The molecule has 7 heteroatoms. The first kappa shape index (κ1) is 19.4. The Morgan fingerprint density at radius 1 is 1.29 bits per heavy atom. The molecule has 2 bridgehead atoms. The molecule has 2 aromatic rings. The number of carbonyl (C=O) groups is 1. The minimum atomic E-state index is -3.25. The van der Waals surface area contributed by atoms with Gasteiger partial charge in [0.2, 0.25) is 5.91 Å². The molecular formula is C21H29N3O3S. The van der Waals surface area contributed by atoms with E-state index in [0.29, 0.717) is 17.3 Å². The lowest BCUT2D eigenvalue weighted by molar-refractivity contribution is -0.123. The van der Waals surface area contributed by atoms with Gasteiger partial charge >= 0.3 is 0 Å². The Bertz CT molecular complexity index is 1040. The van der Waals surface area contributed by atoms with Crippen LogP contribution < -0.4 is 5.32 Å². The van der Waals surface area contributed by atoms with Crippen LogP contribution in [0.1, 0.15) is 45.9 Å². The van der Waals surface area contributed by atoms with Crippen molar-refractivity contribution < 1.29 is 13.2 Å². The molecule has 0 saturated heterocycles. The van der Waals surface area contributed by atoms with Crippen LogP contribution in [0.5, 0.6) is 0 Å². The number of para-hydroxylation sites is 2. The second-order valence-corrected chi connectivity index (χ2v) is 11.5. The molecule has 2 fully saturated rings. The first-order valence-corrected chi connectivity index (χ1v) is 12.0. The maximum absolute atomic E-state index is 12.9. The highest BCUT2D eigenvalue weighted by Gasteiger charge is 2.61. The van der Waals surface area contributed by atoms with Gasteiger partial charge in [-0.05, 0) is 48.1 Å². The molecule has 1 N–H and O–H groups in total. The highest BCUT2D eigenvalue weighted by molar-refractivity contribution is 7.89. The predicted octanol–water partition coefficient (Wildman–Crippen LogP) is 2.91. The van der Waals surface area contributed by atoms with Gasteiger partial charge in [-0.1, -0.05) is 32.9 Å². The monoisotopic (exact) mass is 403 g/mol. The van der Waals surface area contributed by atoms with Crippen molar-refractivity contribution in [3.8, 4) is 0 Å². The van der Waals surface area contributed by atoms with Crippen LogP contribution in [0, 0.1) is 16.7 Å². The predicted molar refractivity (Wildman–Crippen MR) is 109 cm³/mol. The zero-order valence-corrected chi connectivity index (χ0v) is 17.8. The highest BCUT2D eigenvalue weighted by atomic mass is 32.2. The molecule has 4 rings (SSSR count). The summed E-state index contributed by atoms with van der Waals surface area (Å²) in [6.07, 6.45) is 4.59. The summed E-state index contributed by atoms with van der Waals surface area (Å²) >= 11 is 0. The van der Waals surface area contributed by atoms with Gasteiger partial charge in [0.1, 0.15) is 18.1 Å². The molecule has 28 heavy (non-hydrogen) atoms. The second kappa shape index (κ2) is 6.31. The largest absolute Gasteiger partial charge is 0.351 e. The number of rotatable bonds is 5. The third kappa shape index (κ3) is 3.04. The molecule has 3 unspecified atom stereocenters. The Labute approximate surface area is 166 Å². The normalized spacial score (nSPS) is 28.7. The number of hydrogen-bond acceptors (Lipinski definition) is 4. The Hall–Kier alpha value is -1.89. The number of imidazole rings is 1. The number of aromatic nitrogens is 2. The molecule has 2 saturated carbocycles. The summed E-state index contributed by atoms with van der Waals surface area (Å²) in [5, 5.41) is 3.26. The molecule has 0 spiro atoms. The van der Waals surface area contributed by atoms with Gasteiger partial charge in [-0.3, -0.25) is 4.79 Å². The van der Waals surface area contributed by atoms with E-state index in [1.165, 1.54) is 12.7 Å². The lowest BCUT2D eigenvalue weighted by atomic mass is 9.69. The maximum atomic E-state index is 12.9. The van der Waals surface area contributed by atoms with Gasteiger partial charge in [0.05, 0.1) is 11.0 Å². The van der Waals surface area contributed by atoms with Crippen molar-refractivity contribution in [1.82, 2.24) is 14.9 Å². The van der Waals surface area contributed by atoms with Crippen LogP contribution in [0.2, 0.25) is 0 Å². The van der Waals surface area contributed by atoms with Crippen LogP contribution in [-0.2, 0) is 26.9 Å². The molecular weight excluding hydrogens is 374 g/mol. The average Bonchev–Trinajstić information content (AvgIpc) is 3.09. The smallest absolute Gasteiger partial charge is 0.240 e. The summed E-state index contributed by atoms with van der Waals surface area (Å²) in [6, 6.07) is 7.63. The summed E-state index contributed by atoms with van der Waals surface area (Å²) in [7, 11) is -3.25. The summed E-state index contributed by atoms with van der Waals surface area (Å²) < 4.78 is 25.4. The number of fused-ring (bicyclic) bond motifs is 3. The molecule has 1 amide bonds. The summed E-state index contributed by atoms with van der Waals surface area (Å²) in [5.41, 5.74) is 1.84. The van der Waals surface area contributed by atoms with E-state index in [2.05, 4.69) is 31.1 Å². The van der Waals surface area contributed by atoms with Gasteiger partial charge in [-0.2, -0.15) is 0 Å². The van der Waals surface area contributed by atoms with E-state index in [4.69, 9.17) is 0 Å². The fourth-order valence-electron chi connectivity index (χ4n) is 5.45. The van der Waals surface area contributed by atoms with Gasteiger partial charge in [0.25, 0.3) is 0 Å². The summed E-state index contributed by atoms with van der Waals surface area (Å²) in [5.74, 6) is 0.814. The van der Waals surface area contributed by atoms with Crippen LogP contribution in [0.25, 0.3) is 11.0 Å². The lowest BCUT2D eigenvalue weighted by Gasteiger charge is -2.39. The minimum absolute atomic E-state index is 0.0764. The number of nitrogens with one attached hydrogen (secondary N) is 1. The van der Waals surface area contributed by atoms with Crippen molar-refractivity contribution >= 4 is 26.8 Å². The van der Waals surface area contributed by atoms with E-state index in [9.17, 15) is 13.2 Å². The minimum Gasteiger partial charge on any atom is -0.351 e. The Morgan fingerprint density at radius 3 is 2.61 bits per heavy atom. The van der Waals surface area contributed by atoms with Crippen molar-refractivity contribution in [3.63, 3.8) is 0 Å². The van der Waals surface area contributed by atoms with Gasteiger partial charge in [0, 0.05) is 12.3 Å². The number of hydrogen-bond donors (Lipinski definition) is 1. The number of benzene rings is 1. The first-order chi connectivity index (χ1) is 13.0. The van der Waals surface area contributed by atoms with Crippen molar-refractivity contribution in [2.75, 3.05) is 6.26 Å². The Kier molecular flexibility index (Phi) is 4.38. The number of carbonyl (C=O) groups excluding carboxylic acids is 1. The maximum Gasteiger partial charge on any atom is 0.240 e. The zero-order chi connectivity index (χ0) is 20.3. The van der Waals surface area contributed by atoms with Crippen LogP contribution in [0.4, 0.5) is 0 Å². The van der Waals surface area contributed by atoms with Gasteiger partial charge in [0.15, 0.2) is 9.84 Å². The molecule has 1 aromatic heterocycles. The third-order valence-corrected chi connectivity index (χ3v) is 8.34. The number of amides is 1. The second-order valence-electron chi connectivity index (χ2n) is 9.40. The van der Waals surface area contributed by atoms with Gasteiger partial charge in [-0.15, -0.1) is 0 Å². The molecule has 0 radical (unpaired) electrons. The van der Waals surface area contributed by atoms with Gasteiger partial charge in [-0.25, -0.2) is 13.4 Å². The Balaban J connectivity index is 1.58. The van der Waals surface area contributed by atoms with Crippen molar-refractivity contribution in [1.29, 1.82) is 0 Å². The molecule has 0 aliphatic heterocycles. The van der Waals surface area contributed by atoms with Crippen molar-refractivity contribution in [2.45, 2.75) is 58.4 Å². The lowest BCUT2D eigenvalue weighted by Crippen LogP contribution is -2.47.